The van der Waals surface area contributed by atoms with Crippen molar-refractivity contribution in [2.75, 3.05) is 13.7 Å². The molecule has 1 aliphatic rings. The summed E-state index contributed by atoms with van der Waals surface area (Å²) in [7, 11) is 1.41. The number of aromatic hydroxyl groups is 1. The van der Waals surface area contributed by atoms with E-state index in [0.29, 0.717) is 5.75 Å². The second-order valence-corrected chi connectivity index (χ2v) is 4.68. The summed E-state index contributed by atoms with van der Waals surface area (Å²) in [5.74, 6) is 0.347. The summed E-state index contributed by atoms with van der Waals surface area (Å²) in [6, 6.07) is 4.07. The van der Waals surface area contributed by atoms with Crippen molar-refractivity contribution >= 4 is 0 Å². The maximum absolute atomic E-state index is 9.84. The van der Waals surface area contributed by atoms with Crippen LogP contribution in [0.3, 0.4) is 0 Å². The van der Waals surface area contributed by atoms with Crippen molar-refractivity contribution in [3.05, 3.63) is 18.2 Å². The SMILES string of the molecule is COc1cc(O)cc(O[C@@H]2O[C@@H](CO)[C@H](O)[C@@H](O)[C@@H]2O)c1. The maximum Gasteiger partial charge on any atom is 0.229 e. The monoisotopic (exact) mass is 302 g/mol. The zero-order valence-electron chi connectivity index (χ0n) is 11.3. The van der Waals surface area contributed by atoms with Gasteiger partial charge < -0.3 is 39.7 Å². The summed E-state index contributed by atoms with van der Waals surface area (Å²) in [5.41, 5.74) is 0. The fourth-order valence-electron chi connectivity index (χ4n) is 2.04. The first-order valence-corrected chi connectivity index (χ1v) is 6.31. The van der Waals surface area contributed by atoms with E-state index in [-0.39, 0.29) is 11.5 Å². The number of aliphatic hydroxyl groups excluding tert-OH is 4. The van der Waals surface area contributed by atoms with Gasteiger partial charge in [0.05, 0.1) is 13.7 Å². The molecule has 118 valence electrons. The summed E-state index contributed by atoms with van der Waals surface area (Å²) in [4.78, 5) is 0. The van der Waals surface area contributed by atoms with Crippen LogP contribution in [0.2, 0.25) is 0 Å². The van der Waals surface area contributed by atoms with Gasteiger partial charge >= 0.3 is 0 Å². The maximum atomic E-state index is 9.84. The lowest BCUT2D eigenvalue weighted by Gasteiger charge is -2.39. The van der Waals surface area contributed by atoms with Gasteiger partial charge in [-0.05, 0) is 0 Å². The minimum Gasteiger partial charge on any atom is -0.508 e. The zero-order chi connectivity index (χ0) is 15.6. The third kappa shape index (κ3) is 3.36. The van der Waals surface area contributed by atoms with Crippen LogP contribution in [0.4, 0.5) is 0 Å². The van der Waals surface area contributed by atoms with Gasteiger partial charge in [-0.2, -0.15) is 0 Å². The van der Waals surface area contributed by atoms with E-state index in [1.54, 1.807) is 0 Å². The topological polar surface area (TPSA) is 129 Å². The van der Waals surface area contributed by atoms with Crippen molar-refractivity contribution in [2.45, 2.75) is 30.7 Å². The molecule has 0 aliphatic carbocycles. The van der Waals surface area contributed by atoms with Crippen LogP contribution in [0.1, 0.15) is 0 Å². The first-order valence-electron chi connectivity index (χ1n) is 6.31. The van der Waals surface area contributed by atoms with Crippen LogP contribution in [0, 0.1) is 0 Å². The van der Waals surface area contributed by atoms with Crippen LogP contribution in [0.15, 0.2) is 18.2 Å². The number of methoxy groups -OCH3 is 1. The largest absolute Gasteiger partial charge is 0.508 e. The highest BCUT2D eigenvalue weighted by Crippen LogP contribution is 2.30. The Morgan fingerprint density at radius 1 is 1.05 bits per heavy atom. The summed E-state index contributed by atoms with van der Waals surface area (Å²) in [5, 5.41) is 47.8. The number of phenols is 1. The quantitative estimate of drug-likeness (QED) is 0.458. The first kappa shape index (κ1) is 15.8. The van der Waals surface area contributed by atoms with Gasteiger partial charge in [0.25, 0.3) is 0 Å². The number of phenolic OH excluding ortho intramolecular Hbond substituents is 1. The number of hydrogen-bond donors (Lipinski definition) is 5. The molecule has 0 aromatic heterocycles. The number of rotatable bonds is 4. The molecule has 1 heterocycles. The van der Waals surface area contributed by atoms with Gasteiger partial charge in [0.2, 0.25) is 6.29 Å². The second kappa shape index (κ2) is 6.46. The number of benzene rings is 1. The highest BCUT2D eigenvalue weighted by atomic mass is 16.7. The van der Waals surface area contributed by atoms with Crippen molar-refractivity contribution in [3.63, 3.8) is 0 Å². The lowest BCUT2D eigenvalue weighted by atomic mass is 9.99. The lowest BCUT2D eigenvalue weighted by Crippen LogP contribution is -2.60. The van der Waals surface area contributed by atoms with Gasteiger partial charge in [0.1, 0.15) is 41.7 Å². The van der Waals surface area contributed by atoms with E-state index in [1.165, 1.54) is 25.3 Å². The Morgan fingerprint density at radius 3 is 2.33 bits per heavy atom. The minimum atomic E-state index is -1.53. The Balaban J connectivity index is 2.16. The molecule has 1 saturated heterocycles. The van der Waals surface area contributed by atoms with Crippen molar-refractivity contribution in [2.24, 2.45) is 0 Å². The molecule has 5 atom stereocenters. The second-order valence-electron chi connectivity index (χ2n) is 4.68. The van der Waals surface area contributed by atoms with E-state index in [1.807, 2.05) is 0 Å². The molecule has 5 N–H and O–H groups in total. The molecule has 0 radical (unpaired) electrons. The molecule has 21 heavy (non-hydrogen) atoms. The fraction of sp³-hybridized carbons (Fsp3) is 0.538. The molecule has 1 fully saturated rings. The molecular weight excluding hydrogens is 284 g/mol. The van der Waals surface area contributed by atoms with Gasteiger partial charge in [0.15, 0.2) is 0 Å². The number of hydrogen-bond acceptors (Lipinski definition) is 8. The predicted molar refractivity (Wildman–Crippen MR) is 69.1 cm³/mol. The predicted octanol–water partition coefficient (Wildman–Crippen LogP) is -1.42. The Hall–Kier alpha value is -1.58. The molecule has 0 bridgehead atoms. The van der Waals surface area contributed by atoms with Crippen molar-refractivity contribution in [3.8, 4) is 17.2 Å². The van der Waals surface area contributed by atoms with Crippen LogP contribution >= 0.6 is 0 Å². The van der Waals surface area contributed by atoms with Crippen LogP contribution in [0.25, 0.3) is 0 Å². The molecule has 0 saturated carbocycles. The molecule has 8 nitrogen and oxygen atoms in total. The Kier molecular flexibility index (Phi) is 4.86. The average molecular weight is 302 g/mol. The van der Waals surface area contributed by atoms with Crippen LogP contribution in [-0.4, -0.2) is 70.0 Å². The molecule has 1 aromatic carbocycles. The van der Waals surface area contributed by atoms with Crippen molar-refractivity contribution < 1.29 is 39.7 Å². The van der Waals surface area contributed by atoms with Gasteiger partial charge in [-0.25, -0.2) is 0 Å². The van der Waals surface area contributed by atoms with E-state index in [2.05, 4.69) is 0 Å². The van der Waals surface area contributed by atoms with Crippen LogP contribution in [-0.2, 0) is 4.74 Å². The molecule has 2 rings (SSSR count). The number of aliphatic hydroxyl groups is 4. The molecule has 0 spiro atoms. The molecule has 0 amide bonds. The molecular formula is C13H18O8. The zero-order valence-corrected chi connectivity index (χ0v) is 11.3. The van der Waals surface area contributed by atoms with E-state index < -0.39 is 37.3 Å². The highest BCUT2D eigenvalue weighted by Gasteiger charge is 2.44. The van der Waals surface area contributed by atoms with Gasteiger partial charge in [-0.15, -0.1) is 0 Å². The van der Waals surface area contributed by atoms with Gasteiger partial charge in [-0.3, -0.25) is 0 Å². The Morgan fingerprint density at radius 2 is 1.71 bits per heavy atom. The molecule has 0 unspecified atom stereocenters. The Labute approximate surface area is 120 Å². The fourth-order valence-corrected chi connectivity index (χ4v) is 2.04. The molecule has 1 aliphatic heterocycles. The van der Waals surface area contributed by atoms with E-state index in [4.69, 9.17) is 19.3 Å². The van der Waals surface area contributed by atoms with Gasteiger partial charge in [0, 0.05) is 18.2 Å². The molecule has 8 heteroatoms. The van der Waals surface area contributed by atoms with E-state index in [9.17, 15) is 20.4 Å². The van der Waals surface area contributed by atoms with Crippen molar-refractivity contribution in [1.82, 2.24) is 0 Å². The standard InChI is InChI=1S/C13H18O8/c1-19-7-2-6(15)3-8(4-7)20-13-12(18)11(17)10(16)9(5-14)21-13/h2-4,9-18H,5H2,1H3/t9-,10-,11+,12-,13+/m0/s1. The normalized spacial score (nSPS) is 32.7. The van der Waals surface area contributed by atoms with E-state index in [0.717, 1.165) is 0 Å². The van der Waals surface area contributed by atoms with Crippen LogP contribution < -0.4 is 9.47 Å². The minimum absolute atomic E-state index is 0.117. The average Bonchev–Trinajstić information content (AvgIpc) is 2.47. The summed E-state index contributed by atoms with van der Waals surface area (Å²) in [6.07, 6.45) is -6.88. The molecule has 1 aromatic rings. The van der Waals surface area contributed by atoms with Crippen molar-refractivity contribution in [1.29, 1.82) is 0 Å². The number of ether oxygens (including phenoxy) is 3. The lowest BCUT2D eigenvalue weighted by molar-refractivity contribution is -0.277. The first-order chi connectivity index (χ1) is 9.96. The third-order valence-electron chi connectivity index (χ3n) is 3.20. The third-order valence-corrected chi connectivity index (χ3v) is 3.20. The van der Waals surface area contributed by atoms with Crippen LogP contribution in [0.5, 0.6) is 17.2 Å². The Bertz CT molecular complexity index is 477. The smallest absolute Gasteiger partial charge is 0.229 e. The summed E-state index contributed by atoms with van der Waals surface area (Å²) < 4.78 is 15.5. The van der Waals surface area contributed by atoms with Gasteiger partial charge in [-0.1, -0.05) is 0 Å². The highest BCUT2D eigenvalue weighted by molar-refractivity contribution is 5.41. The van der Waals surface area contributed by atoms with E-state index >= 15 is 0 Å². The summed E-state index contributed by atoms with van der Waals surface area (Å²) in [6.45, 7) is -0.547. The summed E-state index contributed by atoms with van der Waals surface area (Å²) >= 11 is 0.